The summed E-state index contributed by atoms with van der Waals surface area (Å²) in [5.41, 5.74) is 3.99. The molecule has 7 heteroatoms. The van der Waals surface area contributed by atoms with Crippen LogP contribution in [0.15, 0.2) is 55.0 Å². The zero-order chi connectivity index (χ0) is 18.1. The van der Waals surface area contributed by atoms with E-state index in [1.807, 2.05) is 36.4 Å². The van der Waals surface area contributed by atoms with Crippen LogP contribution in [0.1, 0.15) is 5.56 Å². The molecule has 0 spiro atoms. The van der Waals surface area contributed by atoms with Gasteiger partial charge in [0.05, 0.1) is 15.9 Å². The lowest BCUT2D eigenvalue weighted by molar-refractivity contribution is 0.170. The van der Waals surface area contributed by atoms with Crippen LogP contribution in [0.5, 0.6) is 11.5 Å². The molecule has 0 atom stereocenters. The Labute approximate surface area is 159 Å². The highest BCUT2D eigenvalue weighted by atomic mass is 32.1. The Bertz CT molecular complexity index is 1100. The second-order valence-corrected chi connectivity index (χ2v) is 7.12. The lowest BCUT2D eigenvalue weighted by Gasteiger charge is -2.20. The van der Waals surface area contributed by atoms with Crippen molar-refractivity contribution in [3.8, 4) is 22.8 Å². The average molecular weight is 376 g/mol. The van der Waals surface area contributed by atoms with Gasteiger partial charge in [-0.05, 0) is 24.3 Å². The number of hydrogen-bond acceptors (Lipinski definition) is 7. The molecule has 27 heavy (non-hydrogen) atoms. The van der Waals surface area contributed by atoms with Crippen LogP contribution < -0.4 is 14.8 Å². The summed E-state index contributed by atoms with van der Waals surface area (Å²) in [6, 6.07) is 14.0. The predicted molar refractivity (Wildman–Crippen MR) is 105 cm³/mol. The maximum absolute atomic E-state index is 5.77. The number of fused-ring (bicyclic) bond motifs is 2. The van der Waals surface area contributed by atoms with E-state index >= 15 is 0 Å². The molecule has 0 saturated carbocycles. The Kier molecular flexibility index (Phi) is 4.06. The zero-order valence-electron chi connectivity index (χ0n) is 14.4. The van der Waals surface area contributed by atoms with Crippen LogP contribution >= 0.6 is 11.3 Å². The number of benzene rings is 2. The number of rotatable bonds is 4. The van der Waals surface area contributed by atoms with Gasteiger partial charge in [-0.25, -0.2) is 15.0 Å². The molecule has 0 aliphatic carbocycles. The monoisotopic (exact) mass is 376 g/mol. The Balaban J connectivity index is 1.38. The van der Waals surface area contributed by atoms with Gasteiger partial charge in [-0.1, -0.05) is 29.5 Å². The molecule has 2 aromatic heterocycles. The zero-order valence-corrected chi connectivity index (χ0v) is 15.2. The summed E-state index contributed by atoms with van der Waals surface area (Å²) in [5, 5.41) is 4.28. The minimum absolute atomic E-state index is 0.580. The van der Waals surface area contributed by atoms with Gasteiger partial charge in [-0.3, -0.25) is 0 Å². The van der Waals surface area contributed by atoms with E-state index in [-0.39, 0.29) is 0 Å². The Hall–Kier alpha value is -3.19. The molecular weight excluding hydrogens is 360 g/mol. The molecule has 5 rings (SSSR count). The SMILES string of the molecule is c1cc(CNc2nc3ccc(-c4ccncn4)cc3s2)c2c(c1)OCCO2. The summed E-state index contributed by atoms with van der Waals surface area (Å²) in [6.45, 7) is 1.80. The number of nitrogens with one attached hydrogen (secondary N) is 1. The molecular formula is C20H16N4O2S. The van der Waals surface area contributed by atoms with E-state index in [0.29, 0.717) is 19.8 Å². The van der Waals surface area contributed by atoms with Crippen LogP contribution in [0.4, 0.5) is 5.13 Å². The van der Waals surface area contributed by atoms with E-state index in [9.17, 15) is 0 Å². The largest absolute Gasteiger partial charge is 0.486 e. The van der Waals surface area contributed by atoms with Crippen LogP contribution in [-0.2, 0) is 6.54 Å². The number of ether oxygens (including phenoxy) is 2. The first-order chi connectivity index (χ1) is 13.4. The molecule has 0 bridgehead atoms. The molecule has 0 unspecified atom stereocenters. The van der Waals surface area contributed by atoms with Gasteiger partial charge in [0.15, 0.2) is 16.6 Å². The van der Waals surface area contributed by atoms with Crippen molar-refractivity contribution < 1.29 is 9.47 Å². The van der Waals surface area contributed by atoms with Crippen molar-refractivity contribution in [3.05, 3.63) is 60.6 Å². The molecule has 3 heterocycles. The Morgan fingerprint density at radius 3 is 2.96 bits per heavy atom. The van der Waals surface area contributed by atoms with E-state index in [4.69, 9.17) is 9.47 Å². The third kappa shape index (κ3) is 3.17. The van der Waals surface area contributed by atoms with E-state index in [2.05, 4.69) is 26.3 Å². The van der Waals surface area contributed by atoms with Crippen molar-refractivity contribution >= 4 is 26.7 Å². The van der Waals surface area contributed by atoms with Crippen LogP contribution in [0.3, 0.4) is 0 Å². The maximum Gasteiger partial charge on any atom is 0.184 e. The molecule has 1 N–H and O–H groups in total. The van der Waals surface area contributed by atoms with Crippen LogP contribution in [-0.4, -0.2) is 28.2 Å². The molecule has 0 radical (unpaired) electrons. The minimum atomic E-state index is 0.580. The Morgan fingerprint density at radius 1 is 1.07 bits per heavy atom. The van der Waals surface area contributed by atoms with Crippen LogP contribution in [0.25, 0.3) is 21.5 Å². The van der Waals surface area contributed by atoms with Crippen molar-refractivity contribution in [1.29, 1.82) is 0 Å². The molecule has 6 nitrogen and oxygen atoms in total. The van der Waals surface area contributed by atoms with Crippen LogP contribution in [0, 0.1) is 0 Å². The van der Waals surface area contributed by atoms with Gasteiger partial charge in [0.1, 0.15) is 19.5 Å². The van der Waals surface area contributed by atoms with Gasteiger partial charge in [0.2, 0.25) is 0 Å². The van der Waals surface area contributed by atoms with Crippen molar-refractivity contribution in [2.75, 3.05) is 18.5 Å². The lowest BCUT2D eigenvalue weighted by Crippen LogP contribution is -2.17. The van der Waals surface area contributed by atoms with Crippen molar-refractivity contribution in [1.82, 2.24) is 15.0 Å². The van der Waals surface area contributed by atoms with Gasteiger partial charge >= 0.3 is 0 Å². The highest BCUT2D eigenvalue weighted by Crippen LogP contribution is 2.35. The first kappa shape index (κ1) is 16.0. The number of aromatic nitrogens is 3. The van der Waals surface area contributed by atoms with Gasteiger partial charge in [-0.15, -0.1) is 0 Å². The number of nitrogens with zero attached hydrogens (tertiary/aromatic N) is 3. The standard InChI is InChI=1S/C20H16N4O2S/c1-2-14(19-17(3-1)25-8-9-26-19)11-22-20-24-16-5-4-13(10-18(16)27-20)15-6-7-21-12-23-15/h1-7,10,12H,8-9,11H2,(H,22,24). The molecule has 0 amide bonds. The normalized spacial score (nSPS) is 12.9. The minimum Gasteiger partial charge on any atom is -0.486 e. The first-order valence-electron chi connectivity index (χ1n) is 8.65. The number of para-hydroxylation sites is 1. The summed E-state index contributed by atoms with van der Waals surface area (Å²) >= 11 is 1.63. The summed E-state index contributed by atoms with van der Waals surface area (Å²) in [4.78, 5) is 13.0. The first-order valence-corrected chi connectivity index (χ1v) is 9.47. The molecule has 0 saturated heterocycles. The topological polar surface area (TPSA) is 69.2 Å². The Morgan fingerprint density at radius 2 is 2.04 bits per heavy atom. The van der Waals surface area contributed by atoms with Crippen molar-refractivity contribution in [3.63, 3.8) is 0 Å². The summed E-state index contributed by atoms with van der Waals surface area (Å²) in [5.74, 6) is 1.63. The lowest BCUT2D eigenvalue weighted by atomic mass is 10.1. The quantitative estimate of drug-likeness (QED) is 0.577. The van der Waals surface area contributed by atoms with Gasteiger partial charge in [-0.2, -0.15) is 0 Å². The molecule has 134 valence electrons. The average Bonchev–Trinajstić information content (AvgIpc) is 3.15. The third-order valence-electron chi connectivity index (χ3n) is 4.34. The fourth-order valence-electron chi connectivity index (χ4n) is 3.07. The maximum atomic E-state index is 5.77. The molecule has 1 aliphatic rings. The fraction of sp³-hybridized carbons (Fsp3) is 0.150. The molecule has 0 fully saturated rings. The highest BCUT2D eigenvalue weighted by Gasteiger charge is 2.15. The number of anilines is 1. The van der Waals surface area contributed by atoms with E-state index in [1.54, 1.807) is 23.9 Å². The second-order valence-electron chi connectivity index (χ2n) is 6.09. The summed E-state index contributed by atoms with van der Waals surface area (Å²) in [7, 11) is 0. The number of thiazole rings is 1. The summed E-state index contributed by atoms with van der Waals surface area (Å²) < 4.78 is 12.5. The smallest absolute Gasteiger partial charge is 0.184 e. The van der Waals surface area contributed by atoms with Gasteiger partial charge in [0, 0.05) is 23.9 Å². The van der Waals surface area contributed by atoms with Crippen molar-refractivity contribution in [2.45, 2.75) is 6.54 Å². The van der Waals surface area contributed by atoms with E-state index in [1.165, 1.54) is 0 Å². The van der Waals surface area contributed by atoms with E-state index < -0.39 is 0 Å². The number of hydrogen-bond donors (Lipinski definition) is 1. The van der Waals surface area contributed by atoms with Gasteiger partial charge in [0.25, 0.3) is 0 Å². The fourth-order valence-corrected chi connectivity index (χ4v) is 3.97. The highest BCUT2D eigenvalue weighted by molar-refractivity contribution is 7.22. The molecule has 2 aromatic carbocycles. The molecule has 4 aromatic rings. The second kappa shape index (κ2) is 6.85. The van der Waals surface area contributed by atoms with Gasteiger partial charge < -0.3 is 14.8 Å². The van der Waals surface area contributed by atoms with Crippen LogP contribution in [0.2, 0.25) is 0 Å². The third-order valence-corrected chi connectivity index (χ3v) is 5.32. The van der Waals surface area contributed by atoms with E-state index in [0.717, 1.165) is 43.7 Å². The predicted octanol–water partition coefficient (Wildman–Crippen LogP) is 4.14. The van der Waals surface area contributed by atoms with Crippen molar-refractivity contribution in [2.24, 2.45) is 0 Å². The summed E-state index contributed by atoms with van der Waals surface area (Å²) in [6.07, 6.45) is 3.31. The molecule has 1 aliphatic heterocycles.